The monoisotopic (exact) mass is 283 g/mol. The minimum atomic E-state index is 0.143. The average molecular weight is 283 g/mol. The van der Waals surface area contributed by atoms with Crippen LogP contribution in [0.3, 0.4) is 0 Å². The third kappa shape index (κ3) is 3.84. The van der Waals surface area contributed by atoms with Crippen molar-refractivity contribution < 1.29 is 9.47 Å². The maximum atomic E-state index is 5.84. The van der Waals surface area contributed by atoms with E-state index in [1.165, 1.54) is 11.1 Å². The van der Waals surface area contributed by atoms with Crippen molar-refractivity contribution in [2.75, 3.05) is 13.2 Å². The maximum Gasteiger partial charge on any atom is 0.119 e. The standard InChI is InChI=1S/C18H21NO2/c1-14-12-21-18(11-19-14)16-7-9-17(10-8-16)20-13-15-5-3-2-4-6-15/h2-10,14,18-19H,11-13H2,1H3. The fourth-order valence-electron chi connectivity index (χ4n) is 2.42. The zero-order valence-electron chi connectivity index (χ0n) is 12.3. The molecule has 1 fully saturated rings. The molecular weight excluding hydrogens is 262 g/mol. The molecule has 3 heteroatoms. The van der Waals surface area contributed by atoms with Gasteiger partial charge in [-0.05, 0) is 30.2 Å². The molecule has 0 amide bonds. The van der Waals surface area contributed by atoms with Gasteiger partial charge in [-0.1, -0.05) is 42.5 Å². The minimum absolute atomic E-state index is 0.143. The average Bonchev–Trinajstić information content (AvgIpc) is 2.55. The molecule has 0 aliphatic carbocycles. The second kappa shape index (κ2) is 6.74. The van der Waals surface area contributed by atoms with Crippen molar-refractivity contribution in [3.05, 3.63) is 65.7 Å². The highest BCUT2D eigenvalue weighted by atomic mass is 16.5. The van der Waals surface area contributed by atoms with Crippen molar-refractivity contribution in [1.29, 1.82) is 0 Å². The third-order valence-electron chi connectivity index (χ3n) is 3.70. The van der Waals surface area contributed by atoms with E-state index >= 15 is 0 Å². The van der Waals surface area contributed by atoms with Crippen LogP contribution in [0.2, 0.25) is 0 Å². The van der Waals surface area contributed by atoms with Crippen molar-refractivity contribution in [2.45, 2.75) is 25.7 Å². The molecule has 2 aromatic carbocycles. The summed E-state index contributed by atoms with van der Waals surface area (Å²) in [6, 6.07) is 18.8. The molecule has 1 saturated heterocycles. The lowest BCUT2D eigenvalue weighted by molar-refractivity contribution is 0.00692. The Bertz CT molecular complexity index is 545. The Morgan fingerprint density at radius 3 is 2.52 bits per heavy atom. The van der Waals surface area contributed by atoms with Crippen LogP contribution < -0.4 is 10.1 Å². The quantitative estimate of drug-likeness (QED) is 0.933. The normalized spacial score (nSPS) is 22.0. The van der Waals surface area contributed by atoms with Gasteiger partial charge in [0.1, 0.15) is 12.4 Å². The molecule has 0 saturated carbocycles. The van der Waals surface area contributed by atoms with Gasteiger partial charge in [0.05, 0.1) is 12.7 Å². The summed E-state index contributed by atoms with van der Waals surface area (Å²) in [7, 11) is 0. The fraction of sp³-hybridized carbons (Fsp3) is 0.333. The molecular formula is C18H21NO2. The Morgan fingerprint density at radius 2 is 1.86 bits per heavy atom. The van der Waals surface area contributed by atoms with Crippen LogP contribution in [0.1, 0.15) is 24.2 Å². The number of ether oxygens (including phenoxy) is 2. The van der Waals surface area contributed by atoms with Gasteiger partial charge in [0.25, 0.3) is 0 Å². The van der Waals surface area contributed by atoms with E-state index in [0.29, 0.717) is 12.6 Å². The van der Waals surface area contributed by atoms with Crippen LogP contribution >= 0.6 is 0 Å². The zero-order valence-corrected chi connectivity index (χ0v) is 12.3. The first-order valence-corrected chi connectivity index (χ1v) is 7.43. The molecule has 0 bridgehead atoms. The molecule has 1 N–H and O–H groups in total. The van der Waals surface area contributed by atoms with E-state index in [9.17, 15) is 0 Å². The Morgan fingerprint density at radius 1 is 1.10 bits per heavy atom. The zero-order chi connectivity index (χ0) is 14.5. The van der Waals surface area contributed by atoms with Gasteiger partial charge in [-0.25, -0.2) is 0 Å². The summed E-state index contributed by atoms with van der Waals surface area (Å²) in [4.78, 5) is 0. The highest BCUT2D eigenvalue weighted by Gasteiger charge is 2.19. The van der Waals surface area contributed by atoms with Crippen LogP contribution in [-0.2, 0) is 11.3 Å². The summed E-state index contributed by atoms with van der Waals surface area (Å²) < 4.78 is 11.6. The summed E-state index contributed by atoms with van der Waals surface area (Å²) in [6.07, 6.45) is 0.143. The molecule has 1 aliphatic heterocycles. The smallest absolute Gasteiger partial charge is 0.119 e. The Kier molecular flexibility index (Phi) is 4.53. The van der Waals surface area contributed by atoms with E-state index in [0.717, 1.165) is 18.9 Å². The van der Waals surface area contributed by atoms with Crippen LogP contribution in [0, 0.1) is 0 Å². The molecule has 1 heterocycles. The lowest BCUT2D eigenvalue weighted by Crippen LogP contribution is -2.40. The highest BCUT2D eigenvalue weighted by Crippen LogP contribution is 2.23. The largest absolute Gasteiger partial charge is 0.489 e. The third-order valence-corrected chi connectivity index (χ3v) is 3.70. The number of hydrogen-bond acceptors (Lipinski definition) is 3. The summed E-state index contributed by atoms with van der Waals surface area (Å²) in [5, 5.41) is 3.44. The van der Waals surface area contributed by atoms with E-state index in [-0.39, 0.29) is 6.10 Å². The van der Waals surface area contributed by atoms with Gasteiger partial charge in [0, 0.05) is 12.6 Å². The number of benzene rings is 2. The Balaban J connectivity index is 1.57. The molecule has 21 heavy (non-hydrogen) atoms. The van der Waals surface area contributed by atoms with Crippen molar-refractivity contribution in [3.8, 4) is 5.75 Å². The number of hydrogen-bond donors (Lipinski definition) is 1. The predicted octanol–water partition coefficient (Wildman–Crippen LogP) is 3.32. The molecule has 0 radical (unpaired) electrons. The van der Waals surface area contributed by atoms with E-state index < -0.39 is 0 Å². The molecule has 110 valence electrons. The van der Waals surface area contributed by atoms with Crippen LogP contribution in [0.5, 0.6) is 5.75 Å². The molecule has 3 rings (SSSR count). The first kappa shape index (κ1) is 14.1. The van der Waals surface area contributed by atoms with E-state index in [4.69, 9.17) is 9.47 Å². The summed E-state index contributed by atoms with van der Waals surface area (Å²) in [5.41, 5.74) is 2.37. The van der Waals surface area contributed by atoms with Gasteiger partial charge in [0.2, 0.25) is 0 Å². The van der Waals surface area contributed by atoms with Gasteiger partial charge >= 0.3 is 0 Å². The van der Waals surface area contributed by atoms with E-state index in [1.54, 1.807) is 0 Å². The van der Waals surface area contributed by atoms with Gasteiger partial charge in [-0.15, -0.1) is 0 Å². The van der Waals surface area contributed by atoms with Crippen LogP contribution in [-0.4, -0.2) is 19.2 Å². The molecule has 2 atom stereocenters. The Labute approximate surface area is 125 Å². The molecule has 0 spiro atoms. The molecule has 3 nitrogen and oxygen atoms in total. The summed E-state index contributed by atoms with van der Waals surface area (Å²) in [6.45, 7) is 4.36. The number of nitrogens with one attached hydrogen (secondary N) is 1. The van der Waals surface area contributed by atoms with Gasteiger partial charge < -0.3 is 14.8 Å². The van der Waals surface area contributed by atoms with Crippen LogP contribution in [0.4, 0.5) is 0 Å². The lowest BCUT2D eigenvalue weighted by atomic mass is 10.1. The van der Waals surface area contributed by atoms with Crippen molar-refractivity contribution in [2.24, 2.45) is 0 Å². The number of rotatable bonds is 4. The first-order chi connectivity index (χ1) is 10.3. The van der Waals surface area contributed by atoms with Crippen LogP contribution in [0.25, 0.3) is 0 Å². The van der Waals surface area contributed by atoms with Gasteiger partial charge in [-0.2, -0.15) is 0 Å². The number of morpholine rings is 1. The van der Waals surface area contributed by atoms with Gasteiger partial charge in [0.15, 0.2) is 0 Å². The van der Waals surface area contributed by atoms with Crippen molar-refractivity contribution >= 4 is 0 Å². The molecule has 1 aliphatic rings. The second-order valence-electron chi connectivity index (χ2n) is 5.47. The maximum absolute atomic E-state index is 5.84. The van der Waals surface area contributed by atoms with Crippen molar-refractivity contribution in [1.82, 2.24) is 5.32 Å². The molecule has 2 unspecified atom stereocenters. The second-order valence-corrected chi connectivity index (χ2v) is 5.47. The SMILES string of the molecule is CC1COC(c2ccc(OCc3ccccc3)cc2)CN1. The summed E-state index contributed by atoms with van der Waals surface area (Å²) >= 11 is 0. The topological polar surface area (TPSA) is 30.5 Å². The Hall–Kier alpha value is -1.84. The van der Waals surface area contributed by atoms with Crippen LogP contribution in [0.15, 0.2) is 54.6 Å². The van der Waals surface area contributed by atoms with E-state index in [2.05, 4.69) is 36.5 Å². The van der Waals surface area contributed by atoms with E-state index in [1.807, 2.05) is 30.3 Å². The fourth-order valence-corrected chi connectivity index (χ4v) is 2.42. The summed E-state index contributed by atoms with van der Waals surface area (Å²) in [5.74, 6) is 0.889. The molecule has 2 aromatic rings. The lowest BCUT2D eigenvalue weighted by Gasteiger charge is -2.28. The van der Waals surface area contributed by atoms with Crippen molar-refractivity contribution in [3.63, 3.8) is 0 Å². The molecule has 0 aromatic heterocycles. The highest BCUT2D eigenvalue weighted by molar-refractivity contribution is 5.29. The first-order valence-electron chi connectivity index (χ1n) is 7.43. The predicted molar refractivity (Wildman–Crippen MR) is 83.4 cm³/mol. The van der Waals surface area contributed by atoms with Gasteiger partial charge in [-0.3, -0.25) is 0 Å². The minimum Gasteiger partial charge on any atom is -0.489 e.